The normalized spacial score (nSPS) is 15.7. The molecule has 2 aromatic carbocycles. The monoisotopic (exact) mass is 392 g/mol. The van der Waals surface area contributed by atoms with Crippen molar-refractivity contribution in [2.75, 3.05) is 25.5 Å². The summed E-state index contributed by atoms with van der Waals surface area (Å²) < 4.78 is 5.13. The molecule has 0 atom stereocenters. The minimum atomic E-state index is 0.0253. The largest absolute Gasteiger partial charge is 0.495 e. The fraction of sp³-hybridized carbons (Fsp3) is 0.350. The fourth-order valence-electron chi connectivity index (χ4n) is 3.19. The molecular weight excluding hydrogens is 371 g/mol. The van der Waals surface area contributed by atoms with E-state index in [4.69, 9.17) is 27.9 Å². The zero-order chi connectivity index (χ0) is 18.5. The van der Waals surface area contributed by atoms with Gasteiger partial charge in [-0.3, -0.25) is 9.69 Å². The van der Waals surface area contributed by atoms with Crippen LogP contribution in [0.4, 0.5) is 5.69 Å². The standard InChI is InChI=1S/C20H22Cl2N2O2/c1-26-19-7-6-17(12-18(19)22)23-20(25)15-8-10-24(11-9-15)13-14-2-4-16(21)5-3-14/h2-7,12,15H,8-11,13H2,1H3,(H,23,25). The third-order valence-corrected chi connectivity index (χ3v) is 5.24. The third kappa shape index (κ3) is 4.91. The summed E-state index contributed by atoms with van der Waals surface area (Å²) in [6.45, 7) is 2.70. The highest BCUT2D eigenvalue weighted by atomic mass is 35.5. The van der Waals surface area contributed by atoms with E-state index < -0.39 is 0 Å². The molecule has 0 unspecified atom stereocenters. The summed E-state index contributed by atoms with van der Waals surface area (Å²) in [5.74, 6) is 0.676. The predicted octanol–water partition coefficient (Wildman–Crippen LogP) is 4.85. The van der Waals surface area contributed by atoms with Crippen LogP contribution in [-0.2, 0) is 11.3 Å². The van der Waals surface area contributed by atoms with Gasteiger partial charge in [0.05, 0.1) is 12.1 Å². The molecule has 4 nitrogen and oxygen atoms in total. The maximum atomic E-state index is 12.5. The van der Waals surface area contributed by atoms with Gasteiger partial charge in [-0.05, 0) is 61.8 Å². The number of anilines is 1. The molecule has 0 aliphatic carbocycles. The SMILES string of the molecule is COc1ccc(NC(=O)C2CCN(Cc3ccc(Cl)cc3)CC2)cc1Cl. The molecular formula is C20H22Cl2N2O2. The van der Waals surface area contributed by atoms with Crippen molar-refractivity contribution in [3.05, 3.63) is 58.1 Å². The minimum Gasteiger partial charge on any atom is -0.495 e. The van der Waals surface area contributed by atoms with Gasteiger partial charge in [-0.15, -0.1) is 0 Å². The lowest BCUT2D eigenvalue weighted by molar-refractivity contribution is -0.121. The summed E-state index contributed by atoms with van der Waals surface area (Å²) >= 11 is 12.0. The molecule has 1 amide bonds. The molecule has 2 aromatic rings. The Kier molecular flexibility index (Phi) is 6.41. The number of likely N-dealkylation sites (tertiary alicyclic amines) is 1. The van der Waals surface area contributed by atoms with E-state index in [2.05, 4.69) is 22.3 Å². The zero-order valence-corrected chi connectivity index (χ0v) is 16.2. The second-order valence-electron chi connectivity index (χ2n) is 6.52. The number of halogens is 2. The number of benzene rings is 2. The van der Waals surface area contributed by atoms with Crippen molar-refractivity contribution < 1.29 is 9.53 Å². The van der Waals surface area contributed by atoms with Gasteiger partial charge < -0.3 is 10.1 Å². The van der Waals surface area contributed by atoms with E-state index in [1.54, 1.807) is 25.3 Å². The van der Waals surface area contributed by atoms with Crippen molar-refractivity contribution in [1.82, 2.24) is 4.90 Å². The van der Waals surface area contributed by atoms with E-state index in [9.17, 15) is 4.79 Å². The van der Waals surface area contributed by atoms with E-state index in [0.717, 1.165) is 37.5 Å². The van der Waals surface area contributed by atoms with Crippen LogP contribution in [0.1, 0.15) is 18.4 Å². The number of amides is 1. The zero-order valence-electron chi connectivity index (χ0n) is 14.7. The van der Waals surface area contributed by atoms with Gasteiger partial charge in [0.25, 0.3) is 0 Å². The lowest BCUT2D eigenvalue weighted by Gasteiger charge is -2.31. The summed E-state index contributed by atoms with van der Waals surface area (Å²) in [4.78, 5) is 14.9. The van der Waals surface area contributed by atoms with E-state index in [0.29, 0.717) is 16.5 Å². The molecule has 1 heterocycles. The minimum absolute atomic E-state index is 0.0253. The van der Waals surface area contributed by atoms with Crippen LogP contribution in [0.25, 0.3) is 0 Å². The highest BCUT2D eigenvalue weighted by Crippen LogP contribution is 2.28. The molecule has 1 fully saturated rings. The van der Waals surface area contributed by atoms with Crippen LogP contribution in [0.5, 0.6) is 5.75 Å². The predicted molar refractivity (Wildman–Crippen MR) is 106 cm³/mol. The average molecular weight is 393 g/mol. The summed E-state index contributed by atoms with van der Waals surface area (Å²) in [7, 11) is 1.57. The van der Waals surface area contributed by atoms with E-state index in [1.165, 1.54) is 5.56 Å². The van der Waals surface area contributed by atoms with E-state index in [1.807, 2.05) is 12.1 Å². The van der Waals surface area contributed by atoms with Crippen molar-refractivity contribution in [2.45, 2.75) is 19.4 Å². The Morgan fingerprint density at radius 3 is 2.46 bits per heavy atom. The number of nitrogens with zero attached hydrogens (tertiary/aromatic N) is 1. The summed E-state index contributed by atoms with van der Waals surface area (Å²) in [5, 5.41) is 4.20. The van der Waals surface area contributed by atoms with Crippen molar-refractivity contribution >= 4 is 34.8 Å². The van der Waals surface area contributed by atoms with E-state index in [-0.39, 0.29) is 11.8 Å². The van der Waals surface area contributed by atoms with Gasteiger partial charge in [0, 0.05) is 23.2 Å². The molecule has 26 heavy (non-hydrogen) atoms. The molecule has 0 aromatic heterocycles. The number of rotatable bonds is 5. The molecule has 1 N–H and O–H groups in total. The van der Waals surface area contributed by atoms with Gasteiger partial charge in [-0.1, -0.05) is 35.3 Å². The van der Waals surface area contributed by atoms with Crippen LogP contribution in [0.15, 0.2) is 42.5 Å². The van der Waals surface area contributed by atoms with Crippen LogP contribution in [0, 0.1) is 5.92 Å². The number of ether oxygens (including phenoxy) is 1. The van der Waals surface area contributed by atoms with Gasteiger partial charge in [0.15, 0.2) is 0 Å². The fourth-order valence-corrected chi connectivity index (χ4v) is 3.57. The molecule has 3 rings (SSSR count). The van der Waals surface area contributed by atoms with Gasteiger partial charge in [0.2, 0.25) is 5.91 Å². The Labute approximate surface area is 164 Å². The second kappa shape index (κ2) is 8.76. The average Bonchev–Trinajstić information content (AvgIpc) is 2.64. The van der Waals surface area contributed by atoms with Crippen molar-refractivity contribution in [2.24, 2.45) is 5.92 Å². The second-order valence-corrected chi connectivity index (χ2v) is 7.36. The molecule has 6 heteroatoms. The maximum absolute atomic E-state index is 12.5. The number of nitrogens with one attached hydrogen (secondary N) is 1. The smallest absolute Gasteiger partial charge is 0.227 e. The van der Waals surface area contributed by atoms with Gasteiger partial charge in [-0.2, -0.15) is 0 Å². The van der Waals surface area contributed by atoms with E-state index >= 15 is 0 Å². The first kappa shape index (κ1) is 19.0. The molecule has 0 spiro atoms. The van der Waals surface area contributed by atoms with Crippen LogP contribution < -0.4 is 10.1 Å². The summed E-state index contributed by atoms with van der Waals surface area (Å²) in [6.07, 6.45) is 1.70. The Morgan fingerprint density at radius 2 is 1.85 bits per heavy atom. The summed E-state index contributed by atoms with van der Waals surface area (Å²) in [6, 6.07) is 13.2. The number of hydrogen-bond donors (Lipinski definition) is 1. The number of hydrogen-bond acceptors (Lipinski definition) is 3. The Hall–Kier alpha value is -1.75. The Balaban J connectivity index is 1.50. The quantitative estimate of drug-likeness (QED) is 0.790. The van der Waals surface area contributed by atoms with Crippen molar-refractivity contribution in [3.63, 3.8) is 0 Å². The molecule has 138 valence electrons. The van der Waals surface area contributed by atoms with Gasteiger partial charge in [-0.25, -0.2) is 0 Å². The first-order valence-corrected chi connectivity index (χ1v) is 9.42. The molecule has 1 aliphatic rings. The Bertz CT molecular complexity index is 757. The van der Waals surface area contributed by atoms with Crippen LogP contribution in [-0.4, -0.2) is 31.0 Å². The molecule has 0 saturated carbocycles. The highest BCUT2D eigenvalue weighted by Gasteiger charge is 2.25. The topological polar surface area (TPSA) is 41.6 Å². The lowest BCUT2D eigenvalue weighted by atomic mass is 9.95. The molecule has 0 radical (unpaired) electrons. The number of methoxy groups -OCH3 is 1. The van der Waals surface area contributed by atoms with Gasteiger partial charge in [0.1, 0.15) is 5.75 Å². The summed E-state index contributed by atoms with van der Waals surface area (Å²) in [5.41, 5.74) is 1.94. The lowest BCUT2D eigenvalue weighted by Crippen LogP contribution is -2.37. The third-order valence-electron chi connectivity index (χ3n) is 4.70. The number of carbonyl (C=O) groups excluding carboxylic acids is 1. The molecule has 1 saturated heterocycles. The number of piperidine rings is 1. The van der Waals surface area contributed by atoms with Crippen LogP contribution in [0.2, 0.25) is 10.0 Å². The molecule has 0 bridgehead atoms. The van der Waals surface area contributed by atoms with Crippen LogP contribution >= 0.6 is 23.2 Å². The number of carbonyl (C=O) groups is 1. The first-order valence-electron chi connectivity index (χ1n) is 8.66. The first-order chi connectivity index (χ1) is 12.5. The maximum Gasteiger partial charge on any atom is 0.227 e. The van der Waals surface area contributed by atoms with Crippen LogP contribution in [0.3, 0.4) is 0 Å². The molecule has 1 aliphatic heterocycles. The highest BCUT2D eigenvalue weighted by molar-refractivity contribution is 6.32. The van der Waals surface area contributed by atoms with Gasteiger partial charge >= 0.3 is 0 Å². The Morgan fingerprint density at radius 1 is 1.15 bits per heavy atom. The van der Waals surface area contributed by atoms with Crippen molar-refractivity contribution in [1.29, 1.82) is 0 Å². The van der Waals surface area contributed by atoms with Crippen molar-refractivity contribution in [3.8, 4) is 5.75 Å².